The first-order valence-corrected chi connectivity index (χ1v) is 7.08. The number of nitrogens with zero attached hydrogens (tertiary/aromatic N) is 2. The Morgan fingerprint density at radius 2 is 2.11 bits per heavy atom. The average Bonchev–Trinajstić information content (AvgIpc) is 2.81. The Balaban J connectivity index is 2.16. The SMILES string of the molecule is CCCn1nccc1C(N)Cc1ccc(Cl)cc1Cl. The fourth-order valence-electron chi connectivity index (χ4n) is 2.09. The first kappa shape index (κ1) is 14.4. The number of aromatic nitrogens is 2. The van der Waals surface area contributed by atoms with E-state index in [1.165, 1.54) is 0 Å². The van der Waals surface area contributed by atoms with E-state index >= 15 is 0 Å². The van der Waals surface area contributed by atoms with Crippen molar-refractivity contribution in [1.29, 1.82) is 0 Å². The zero-order chi connectivity index (χ0) is 13.8. The maximum absolute atomic E-state index is 6.26. The summed E-state index contributed by atoms with van der Waals surface area (Å²) in [6.45, 7) is 3.00. The first-order chi connectivity index (χ1) is 9.11. The predicted octanol–water partition coefficient (Wildman–Crippen LogP) is 3.84. The third-order valence-corrected chi connectivity index (χ3v) is 3.61. The Morgan fingerprint density at radius 1 is 1.32 bits per heavy atom. The minimum absolute atomic E-state index is 0.118. The summed E-state index contributed by atoms with van der Waals surface area (Å²) in [5, 5.41) is 5.58. The van der Waals surface area contributed by atoms with Crippen LogP contribution in [0.4, 0.5) is 0 Å². The molecule has 1 aromatic carbocycles. The van der Waals surface area contributed by atoms with E-state index in [1.807, 2.05) is 22.9 Å². The van der Waals surface area contributed by atoms with Crippen LogP contribution in [0.2, 0.25) is 10.0 Å². The van der Waals surface area contributed by atoms with Crippen molar-refractivity contribution >= 4 is 23.2 Å². The summed E-state index contributed by atoms with van der Waals surface area (Å²) in [7, 11) is 0. The highest BCUT2D eigenvalue weighted by atomic mass is 35.5. The Morgan fingerprint density at radius 3 is 2.79 bits per heavy atom. The lowest BCUT2D eigenvalue weighted by molar-refractivity contribution is 0.538. The van der Waals surface area contributed by atoms with Crippen LogP contribution < -0.4 is 5.73 Å². The van der Waals surface area contributed by atoms with Gasteiger partial charge in [0.2, 0.25) is 0 Å². The first-order valence-electron chi connectivity index (χ1n) is 6.33. The van der Waals surface area contributed by atoms with Crippen LogP contribution >= 0.6 is 23.2 Å². The molecule has 1 aromatic heterocycles. The molecule has 0 saturated heterocycles. The molecule has 1 heterocycles. The van der Waals surface area contributed by atoms with Crippen LogP contribution in [-0.4, -0.2) is 9.78 Å². The fraction of sp³-hybridized carbons (Fsp3) is 0.357. The van der Waals surface area contributed by atoms with Crippen LogP contribution in [0, 0.1) is 0 Å². The van der Waals surface area contributed by atoms with Crippen LogP contribution in [0.3, 0.4) is 0 Å². The minimum Gasteiger partial charge on any atom is -0.322 e. The van der Waals surface area contributed by atoms with Crippen LogP contribution in [0.15, 0.2) is 30.5 Å². The Labute approximate surface area is 123 Å². The molecule has 2 aromatic rings. The summed E-state index contributed by atoms with van der Waals surface area (Å²) in [6, 6.07) is 7.34. The van der Waals surface area contributed by atoms with Crippen LogP contribution in [0.1, 0.15) is 30.6 Å². The minimum atomic E-state index is -0.118. The van der Waals surface area contributed by atoms with Crippen molar-refractivity contribution in [2.75, 3.05) is 0 Å². The van der Waals surface area contributed by atoms with Gasteiger partial charge < -0.3 is 5.73 Å². The molecule has 19 heavy (non-hydrogen) atoms. The van der Waals surface area contributed by atoms with Gasteiger partial charge in [0.05, 0.1) is 11.7 Å². The molecule has 0 bridgehead atoms. The third-order valence-electron chi connectivity index (χ3n) is 3.02. The molecule has 0 amide bonds. The normalized spacial score (nSPS) is 12.6. The maximum Gasteiger partial charge on any atom is 0.0554 e. The molecule has 2 N–H and O–H groups in total. The number of hydrogen-bond donors (Lipinski definition) is 1. The molecule has 1 unspecified atom stereocenters. The van der Waals surface area contributed by atoms with E-state index < -0.39 is 0 Å². The molecule has 0 fully saturated rings. The maximum atomic E-state index is 6.26. The second kappa shape index (κ2) is 6.42. The highest BCUT2D eigenvalue weighted by Crippen LogP contribution is 2.25. The number of rotatable bonds is 5. The summed E-state index contributed by atoms with van der Waals surface area (Å²) in [4.78, 5) is 0. The van der Waals surface area contributed by atoms with Crippen molar-refractivity contribution in [2.45, 2.75) is 32.4 Å². The molecule has 5 heteroatoms. The lowest BCUT2D eigenvalue weighted by Crippen LogP contribution is -2.18. The Bertz CT molecular complexity index is 551. The fourth-order valence-corrected chi connectivity index (χ4v) is 2.57. The van der Waals surface area contributed by atoms with Gasteiger partial charge in [0, 0.05) is 22.8 Å². The highest BCUT2D eigenvalue weighted by Gasteiger charge is 2.14. The quantitative estimate of drug-likeness (QED) is 0.911. The van der Waals surface area contributed by atoms with Gasteiger partial charge in [0.1, 0.15) is 0 Å². The van der Waals surface area contributed by atoms with Gasteiger partial charge in [-0.1, -0.05) is 36.2 Å². The largest absolute Gasteiger partial charge is 0.322 e. The van der Waals surface area contributed by atoms with Gasteiger partial charge in [0.25, 0.3) is 0 Å². The topological polar surface area (TPSA) is 43.8 Å². The number of nitrogens with two attached hydrogens (primary N) is 1. The van der Waals surface area contributed by atoms with E-state index in [1.54, 1.807) is 12.3 Å². The van der Waals surface area contributed by atoms with Crippen molar-refractivity contribution in [3.8, 4) is 0 Å². The molecule has 0 aliphatic heterocycles. The van der Waals surface area contributed by atoms with Crippen molar-refractivity contribution in [2.24, 2.45) is 5.73 Å². The Hall–Kier alpha value is -1.03. The van der Waals surface area contributed by atoms with E-state index in [-0.39, 0.29) is 6.04 Å². The van der Waals surface area contributed by atoms with Gasteiger partial charge in [-0.2, -0.15) is 5.10 Å². The van der Waals surface area contributed by atoms with Crippen molar-refractivity contribution < 1.29 is 0 Å². The van der Waals surface area contributed by atoms with Crippen LogP contribution in [0.25, 0.3) is 0 Å². The molecule has 102 valence electrons. The van der Waals surface area contributed by atoms with Gasteiger partial charge >= 0.3 is 0 Å². The predicted molar refractivity (Wildman–Crippen MR) is 79.6 cm³/mol. The molecule has 2 rings (SSSR count). The van der Waals surface area contributed by atoms with Gasteiger partial charge in [-0.05, 0) is 36.6 Å². The van der Waals surface area contributed by atoms with Crippen LogP contribution in [0.5, 0.6) is 0 Å². The van der Waals surface area contributed by atoms with Crippen LogP contribution in [-0.2, 0) is 13.0 Å². The molecule has 1 atom stereocenters. The molecule has 0 saturated carbocycles. The average molecular weight is 298 g/mol. The molecule has 0 radical (unpaired) electrons. The van der Waals surface area contributed by atoms with Crippen molar-refractivity contribution in [3.05, 3.63) is 51.8 Å². The summed E-state index contributed by atoms with van der Waals surface area (Å²) < 4.78 is 1.95. The van der Waals surface area contributed by atoms with E-state index in [0.29, 0.717) is 16.5 Å². The molecule has 3 nitrogen and oxygen atoms in total. The lowest BCUT2D eigenvalue weighted by Gasteiger charge is -2.15. The zero-order valence-electron chi connectivity index (χ0n) is 10.8. The van der Waals surface area contributed by atoms with Gasteiger partial charge in [-0.15, -0.1) is 0 Å². The zero-order valence-corrected chi connectivity index (χ0v) is 12.3. The molecule has 0 aliphatic carbocycles. The summed E-state index contributed by atoms with van der Waals surface area (Å²) in [5.74, 6) is 0. The van der Waals surface area contributed by atoms with E-state index in [0.717, 1.165) is 24.2 Å². The van der Waals surface area contributed by atoms with Crippen molar-refractivity contribution in [3.63, 3.8) is 0 Å². The van der Waals surface area contributed by atoms with E-state index in [9.17, 15) is 0 Å². The van der Waals surface area contributed by atoms with Crippen molar-refractivity contribution in [1.82, 2.24) is 9.78 Å². The number of benzene rings is 1. The summed E-state index contributed by atoms with van der Waals surface area (Å²) in [5.41, 5.74) is 8.29. The molecule has 0 spiro atoms. The smallest absolute Gasteiger partial charge is 0.0554 e. The van der Waals surface area contributed by atoms with Gasteiger partial charge in [-0.3, -0.25) is 4.68 Å². The monoisotopic (exact) mass is 297 g/mol. The number of halogens is 2. The second-order valence-electron chi connectivity index (χ2n) is 4.53. The summed E-state index contributed by atoms with van der Waals surface area (Å²) in [6.07, 6.45) is 3.49. The number of hydrogen-bond acceptors (Lipinski definition) is 2. The highest BCUT2D eigenvalue weighted by molar-refractivity contribution is 6.35. The third kappa shape index (κ3) is 3.50. The second-order valence-corrected chi connectivity index (χ2v) is 5.37. The van der Waals surface area contributed by atoms with E-state index in [4.69, 9.17) is 28.9 Å². The standard InChI is InChI=1S/C14H17Cl2N3/c1-2-7-19-14(5-6-18-19)13(17)8-10-3-4-11(15)9-12(10)16/h3-6,9,13H,2,7-8,17H2,1H3. The molecular weight excluding hydrogens is 281 g/mol. The summed E-state index contributed by atoms with van der Waals surface area (Å²) >= 11 is 12.1. The van der Waals surface area contributed by atoms with Gasteiger partial charge in [0.15, 0.2) is 0 Å². The lowest BCUT2D eigenvalue weighted by atomic mass is 10.0. The van der Waals surface area contributed by atoms with E-state index in [2.05, 4.69) is 12.0 Å². The number of aryl methyl sites for hydroxylation is 1. The van der Waals surface area contributed by atoms with Gasteiger partial charge in [-0.25, -0.2) is 0 Å². The molecule has 0 aliphatic rings. The Kier molecular flexibility index (Phi) is 4.86. The molecular formula is C14H17Cl2N3.